The first-order valence-electron chi connectivity index (χ1n) is 7.18. The van der Waals surface area contributed by atoms with Crippen molar-refractivity contribution in [1.29, 1.82) is 0 Å². The highest BCUT2D eigenvalue weighted by Crippen LogP contribution is 2.47. The number of hydrogen-bond acceptors (Lipinski definition) is 4. The van der Waals surface area contributed by atoms with E-state index in [4.69, 9.17) is 0 Å². The molecule has 0 spiro atoms. The molecule has 0 aliphatic heterocycles. The van der Waals surface area contributed by atoms with Gasteiger partial charge in [-0.2, -0.15) is 26.3 Å². The second-order valence-corrected chi connectivity index (χ2v) is 5.13. The number of para-hydroxylation sites is 2. The van der Waals surface area contributed by atoms with Crippen LogP contribution in [0.2, 0.25) is 0 Å². The van der Waals surface area contributed by atoms with E-state index in [-0.39, 0.29) is 0 Å². The second kappa shape index (κ2) is 7.29. The zero-order valence-electron chi connectivity index (χ0n) is 13.2. The SMILES string of the molecule is O=C(Oc1ccccc1)C(F)(F)C(F)(F)C(F)(F)C(=O)Oc1ccccc1. The highest BCUT2D eigenvalue weighted by molar-refractivity contribution is 5.86. The molecule has 2 aromatic carbocycles. The maximum Gasteiger partial charge on any atom is 0.411 e. The predicted molar refractivity (Wildman–Crippen MR) is 79.0 cm³/mol. The quantitative estimate of drug-likeness (QED) is 0.422. The van der Waals surface area contributed by atoms with Crippen molar-refractivity contribution in [2.45, 2.75) is 17.8 Å². The summed E-state index contributed by atoms with van der Waals surface area (Å²) >= 11 is 0. The lowest BCUT2D eigenvalue weighted by Gasteiger charge is -2.29. The van der Waals surface area contributed by atoms with Gasteiger partial charge in [0, 0.05) is 0 Å². The summed E-state index contributed by atoms with van der Waals surface area (Å²) in [5.41, 5.74) is 0. The molecule has 0 fully saturated rings. The number of ether oxygens (including phenoxy) is 2. The molecule has 0 saturated heterocycles. The molecule has 27 heavy (non-hydrogen) atoms. The van der Waals surface area contributed by atoms with Gasteiger partial charge in [0.2, 0.25) is 0 Å². The lowest BCUT2D eigenvalue weighted by molar-refractivity contribution is -0.296. The Hall–Kier alpha value is -3.04. The maximum absolute atomic E-state index is 13.8. The standard InChI is InChI=1S/C17H10F6O4/c18-15(19,13(24)26-11-7-3-1-4-8-11)17(22,23)16(20,21)14(25)27-12-9-5-2-6-10-12/h1-10H. The normalized spacial score (nSPS) is 12.4. The van der Waals surface area contributed by atoms with E-state index >= 15 is 0 Å². The number of carbonyl (C=O) groups excluding carboxylic acids is 2. The molecule has 0 saturated carbocycles. The minimum atomic E-state index is -6.42. The number of hydrogen-bond donors (Lipinski definition) is 0. The third-order valence-electron chi connectivity index (χ3n) is 3.21. The number of alkyl halides is 6. The molecule has 0 unspecified atom stereocenters. The van der Waals surface area contributed by atoms with E-state index in [2.05, 4.69) is 9.47 Å². The first kappa shape index (κ1) is 20.3. The molecule has 0 N–H and O–H groups in total. The van der Waals surface area contributed by atoms with E-state index in [0.29, 0.717) is 0 Å². The van der Waals surface area contributed by atoms with Crippen LogP contribution in [0.25, 0.3) is 0 Å². The number of halogens is 6. The van der Waals surface area contributed by atoms with Crippen LogP contribution in [0, 0.1) is 0 Å². The number of rotatable bonds is 6. The molecular weight excluding hydrogens is 382 g/mol. The van der Waals surface area contributed by atoms with Crippen LogP contribution in [0.15, 0.2) is 60.7 Å². The maximum atomic E-state index is 13.8. The summed E-state index contributed by atoms with van der Waals surface area (Å²) in [6.45, 7) is 0. The van der Waals surface area contributed by atoms with Crippen LogP contribution in [-0.4, -0.2) is 29.7 Å². The smallest absolute Gasteiger partial charge is 0.411 e. The Morgan fingerprint density at radius 2 is 0.889 bits per heavy atom. The fourth-order valence-corrected chi connectivity index (χ4v) is 1.77. The van der Waals surface area contributed by atoms with Crippen molar-refractivity contribution < 1.29 is 45.4 Å². The summed E-state index contributed by atoms with van der Waals surface area (Å²) in [5, 5.41) is 0. The van der Waals surface area contributed by atoms with Crippen LogP contribution in [0.1, 0.15) is 0 Å². The Balaban J connectivity index is 2.24. The molecule has 0 radical (unpaired) electrons. The fraction of sp³-hybridized carbons (Fsp3) is 0.176. The van der Waals surface area contributed by atoms with Crippen LogP contribution >= 0.6 is 0 Å². The molecule has 0 amide bonds. The topological polar surface area (TPSA) is 52.6 Å². The van der Waals surface area contributed by atoms with Crippen molar-refractivity contribution in [3.63, 3.8) is 0 Å². The van der Waals surface area contributed by atoms with Gasteiger partial charge in [-0.3, -0.25) is 0 Å². The van der Waals surface area contributed by atoms with Gasteiger partial charge >= 0.3 is 29.7 Å². The average molecular weight is 392 g/mol. The van der Waals surface area contributed by atoms with Gasteiger partial charge in [-0.15, -0.1) is 0 Å². The average Bonchev–Trinajstić information content (AvgIpc) is 2.63. The molecule has 144 valence electrons. The van der Waals surface area contributed by atoms with Crippen molar-refractivity contribution in [2.24, 2.45) is 0 Å². The number of benzene rings is 2. The van der Waals surface area contributed by atoms with Gasteiger partial charge in [-0.1, -0.05) is 36.4 Å². The lowest BCUT2D eigenvalue weighted by atomic mass is 10.0. The molecule has 0 aliphatic rings. The Morgan fingerprint density at radius 3 is 1.19 bits per heavy atom. The summed E-state index contributed by atoms with van der Waals surface area (Å²) in [4.78, 5) is 22.7. The zero-order chi connectivity index (χ0) is 20.3. The van der Waals surface area contributed by atoms with E-state index in [1.807, 2.05) is 0 Å². The number of esters is 2. The summed E-state index contributed by atoms with van der Waals surface area (Å²) < 4.78 is 90.6. The molecule has 10 heteroatoms. The van der Waals surface area contributed by atoms with Crippen LogP contribution in [0.3, 0.4) is 0 Å². The van der Waals surface area contributed by atoms with Crippen molar-refractivity contribution in [1.82, 2.24) is 0 Å². The molecule has 0 heterocycles. The highest BCUT2D eigenvalue weighted by Gasteiger charge is 2.79. The first-order valence-corrected chi connectivity index (χ1v) is 7.18. The molecule has 2 rings (SSSR count). The van der Waals surface area contributed by atoms with Gasteiger partial charge in [0.05, 0.1) is 0 Å². The van der Waals surface area contributed by atoms with Crippen LogP contribution in [0.4, 0.5) is 26.3 Å². The first-order chi connectivity index (χ1) is 12.5. The summed E-state index contributed by atoms with van der Waals surface area (Å²) in [5.74, 6) is -25.5. The molecule has 0 bridgehead atoms. The lowest BCUT2D eigenvalue weighted by Crippen LogP contribution is -2.62. The van der Waals surface area contributed by atoms with Crippen LogP contribution < -0.4 is 9.47 Å². The largest absolute Gasteiger partial charge is 0.422 e. The molecule has 0 aliphatic carbocycles. The van der Waals surface area contributed by atoms with Gasteiger partial charge in [0.15, 0.2) is 0 Å². The van der Waals surface area contributed by atoms with Crippen molar-refractivity contribution in [2.75, 3.05) is 0 Å². The summed E-state index contributed by atoms with van der Waals surface area (Å²) in [6, 6.07) is 11.6. The summed E-state index contributed by atoms with van der Waals surface area (Å²) in [6.07, 6.45) is 0. The highest BCUT2D eigenvalue weighted by atomic mass is 19.3. The Morgan fingerprint density at radius 1 is 0.593 bits per heavy atom. The second-order valence-electron chi connectivity index (χ2n) is 5.13. The molecule has 0 atom stereocenters. The molecule has 2 aromatic rings. The summed E-state index contributed by atoms with van der Waals surface area (Å²) in [7, 11) is 0. The van der Waals surface area contributed by atoms with Crippen molar-refractivity contribution in [3.8, 4) is 11.5 Å². The van der Waals surface area contributed by atoms with E-state index in [9.17, 15) is 35.9 Å². The number of carbonyl (C=O) groups is 2. The van der Waals surface area contributed by atoms with E-state index < -0.39 is 41.2 Å². The third kappa shape index (κ3) is 3.88. The zero-order valence-corrected chi connectivity index (χ0v) is 13.2. The van der Waals surface area contributed by atoms with Crippen LogP contribution in [-0.2, 0) is 9.59 Å². The van der Waals surface area contributed by atoms with E-state index in [1.54, 1.807) is 0 Å². The minimum absolute atomic E-state index is 0.576. The van der Waals surface area contributed by atoms with Gasteiger partial charge in [-0.05, 0) is 24.3 Å². The molecule has 0 aromatic heterocycles. The molecular formula is C17H10F6O4. The van der Waals surface area contributed by atoms with Gasteiger partial charge < -0.3 is 9.47 Å². The van der Waals surface area contributed by atoms with Gasteiger partial charge in [0.25, 0.3) is 0 Å². The Labute approximate surface area is 148 Å². The van der Waals surface area contributed by atoms with Gasteiger partial charge in [-0.25, -0.2) is 9.59 Å². The van der Waals surface area contributed by atoms with Gasteiger partial charge in [0.1, 0.15) is 11.5 Å². The monoisotopic (exact) mass is 392 g/mol. The Kier molecular flexibility index (Phi) is 5.48. The fourth-order valence-electron chi connectivity index (χ4n) is 1.77. The van der Waals surface area contributed by atoms with Crippen molar-refractivity contribution in [3.05, 3.63) is 60.7 Å². The Bertz CT molecular complexity index is 741. The van der Waals surface area contributed by atoms with Crippen molar-refractivity contribution >= 4 is 11.9 Å². The van der Waals surface area contributed by atoms with E-state index in [1.165, 1.54) is 36.4 Å². The van der Waals surface area contributed by atoms with Crippen LogP contribution in [0.5, 0.6) is 11.5 Å². The predicted octanol–water partition coefficient (Wildman–Crippen LogP) is 4.10. The minimum Gasteiger partial charge on any atom is -0.422 e. The molecule has 4 nitrogen and oxygen atoms in total. The third-order valence-corrected chi connectivity index (χ3v) is 3.21. The van der Waals surface area contributed by atoms with E-state index in [0.717, 1.165) is 24.3 Å².